The van der Waals surface area contributed by atoms with Crippen LogP contribution in [-0.4, -0.2) is 5.11 Å². The maximum absolute atomic E-state index is 9.78. The fourth-order valence-electron chi connectivity index (χ4n) is 3.21. The Kier molecular flexibility index (Phi) is 2.72. The Balaban J connectivity index is 0.000000404. The molecule has 1 nitrogen and oxygen atoms in total. The van der Waals surface area contributed by atoms with Gasteiger partial charge in [0.1, 0.15) is 5.75 Å². The Morgan fingerprint density at radius 1 is 1.07 bits per heavy atom. The average Bonchev–Trinajstić information content (AvgIpc) is 2.87. The summed E-state index contributed by atoms with van der Waals surface area (Å²) in [5, 5.41) is 9.78. The van der Waals surface area contributed by atoms with Gasteiger partial charge in [-0.1, -0.05) is 19.9 Å². The van der Waals surface area contributed by atoms with Crippen molar-refractivity contribution in [2.45, 2.75) is 51.9 Å². The number of rotatable bonds is 0. The zero-order valence-corrected chi connectivity index (χ0v) is 9.88. The summed E-state index contributed by atoms with van der Waals surface area (Å²) in [6, 6.07) is 3.91. The first-order valence-corrected chi connectivity index (χ1v) is 6.09. The lowest BCUT2D eigenvalue weighted by Gasteiger charge is -2.18. The zero-order chi connectivity index (χ0) is 11.0. The van der Waals surface area contributed by atoms with E-state index in [-0.39, 0.29) is 0 Å². The molecule has 1 heteroatoms. The molecule has 0 heterocycles. The quantitative estimate of drug-likeness (QED) is 0.674. The highest BCUT2D eigenvalue weighted by molar-refractivity contribution is 5.52. The molecular weight excluding hydrogens is 184 g/mol. The minimum Gasteiger partial charge on any atom is -0.508 e. The monoisotopic (exact) mass is 204 g/mol. The fraction of sp³-hybridized carbons (Fsp3) is 0.571. The number of hydrogen-bond acceptors (Lipinski definition) is 1. The van der Waals surface area contributed by atoms with Crippen molar-refractivity contribution in [1.82, 2.24) is 0 Å². The molecule has 0 aromatic heterocycles. The molecule has 3 rings (SSSR count). The molecule has 15 heavy (non-hydrogen) atoms. The smallest absolute Gasteiger partial charge is 0.119 e. The summed E-state index contributed by atoms with van der Waals surface area (Å²) in [7, 11) is 0. The van der Waals surface area contributed by atoms with Gasteiger partial charge < -0.3 is 5.11 Å². The van der Waals surface area contributed by atoms with Crippen molar-refractivity contribution in [3.63, 3.8) is 0 Å². The van der Waals surface area contributed by atoms with Gasteiger partial charge in [-0.2, -0.15) is 0 Å². The number of aromatic hydroxyl groups is 1. The van der Waals surface area contributed by atoms with Crippen LogP contribution in [0.1, 0.15) is 61.6 Å². The third kappa shape index (κ3) is 1.45. The molecule has 1 aromatic rings. The lowest BCUT2D eigenvalue weighted by atomic mass is 9.88. The molecule has 2 aliphatic rings. The van der Waals surface area contributed by atoms with Crippen molar-refractivity contribution in [1.29, 1.82) is 0 Å². The van der Waals surface area contributed by atoms with Crippen molar-refractivity contribution >= 4 is 0 Å². The van der Waals surface area contributed by atoms with Gasteiger partial charge in [0.05, 0.1) is 0 Å². The van der Waals surface area contributed by atoms with Crippen LogP contribution in [0.4, 0.5) is 0 Å². The first kappa shape index (κ1) is 10.5. The molecule has 0 radical (unpaired) electrons. The lowest BCUT2D eigenvalue weighted by Crippen LogP contribution is -2.00. The highest BCUT2D eigenvalue weighted by Gasteiger charge is 2.39. The highest BCUT2D eigenvalue weighted by atomic mass is 16.3. The normalized spacial score (nSPS) is 25.8. The number of fused-ring (bicyclic) bond motifs is 5. The van der Waals surface area contributed by atoms with Gasteiger partial charge in [0, 0.05) is 5.56 Å². The van der Waals surface area contributed by atoms with Crippen LogP contribution >= 0.6 is 0 Å². The first-order valence-electron chi connectivity index (χ1n) is 6.09. The van der Waals surface area contributed by atoms with Crippen molar-refractivity contribution in [3.8, 4) is 5.75 Å². The van der Waals surface area contributed by atoms with Gasteiger partial charge in [0.15, 0.2) is 0 Å². The van der Waals surface area contributed by atoms with E-state index in [0.717, 1.165) is 5.92 Å². The molecule has 82 valence electrons. The van der Waals surface area contributed by atoms with Gasteiger partial charge in [-0.25, -0.2) is 0 Å². The molecule has 2 unspecified atom stereocenters. The van der Waals surface area contributed by atoms with Crippen LogP contribution in [0, 0.1) is 6.92 Å². The number of benzene rings is 1. The summed E-state index contributed by atoms with van der Waals surface area (Å²) in [5.74, 6) is 1.96. The standard InChI is InChI=1S/C12H14O.C2H6/c1-7-2-5-10(13)12-9-4-3-8(6-9)11(7)12;1-2/h2,5,8-9,13H,3-4,6H2,1H3;1-2H3. The summed E-state index contributed by atoms with van der Waals surface area (Å²) in [6.07, 6.45) is 3.91. The zero-order valence-electron chi connectivity index (χ0n) is 9.88. The molecule has 2 atom stereocenters. The van der Waals surface area contributed by atoms with E-state index >= 15 is 0 Å². The molecule has 0 spiro atoms. The van der Waals surface area contributed by atoms with Gasteiger partial charge in [0.2, 0.25) is 0 Å². The summed E-state index contributed by atoms with van der Waals surface area (Å²) >= 11 is 0. The molecule has 1 fully saturated rings. The topological polar surface area (TPSA) is 20.2 Å². The molecule has 1 saturated carbocycles. The van der Waals surface area contributed by atoms with Crippen molar-refractivity contribution in [3.05, 3.63) is 28.8 Å². The van der Waals surface area contributed by atoms with E-state index in [9.17, 15) is 5.11 Å². The van der Waals surface area contributed by atoms with Crippen molar-refractivity contribution < 1.29 is 5.11 Å². The Morgan fingerprint density at radius 3 is 2.27 bits per heavy atom. The summed E-state index contributed by atoms with van der Waals surface area (Å²) < 4.78 is 0. The minimum atomic E-state index is 0.535. The minimum absolute atomic E-state index is 0.535. The second-order valence-electron chi connectivity index (χ2n) is 4.44. The second-order valence-corrected chi connectivity index (χ2v) is 4.44. The molecule has 0 saturated heterocycles. The maximum Gasteiger partial charge on any atom is 0.119 e. The van der Waals surface area contributed by atoms with Crippen LogP contribution in [0.5, 0.6) is 5.75 Å². The molecular formula is C14H20O. The number of aryl methyl sites for hydroxylation is 1. The number of phenolic OH excluding ortho intramolecular Hbond substituents is 1. The predicted molar refractivity (Wildman–Crippen MR) is 63.5 cm³/mol. The van der Waals surface area contributed by atoms with E-state index in [1.807, 2.05) is 19.9 Å². The first-order chi connectivity index (χ1) is 7.27. The maximum atomic E-state index is 9.78. The van der Waals surface area contributed by atoms with Gasteiger partial charge in [-0.15, -0.1) is 0 Å². The van der Waals surface area contributed by atoms with Gasteiger partial charge in [-0.3, -0.25) is 0 Å². The van der Waals surface area contributed by atoms with E-state index in [1.54, 1.807) is 0 Å². The summed E-state index contributed by atoms with van der Waals surface area (Å²) in [5.41, 5.74) is 4.12. The van der Waals surface area contributed by atoms with E-state index < -0.39 is 0 Å². The molecule has 1 N–H and O–H groups in total. The molecule has 0 amide bonds. The van der Waals surface area contributed by atoms with Gasteiger partial charge in [0.25, 0.3) is 0 Å². The fourth-order valence-corrected chi connectivity index (χ4v) is 3.21. The van der Waals surface area contributed by atoms with Crippen molar-refractivity contribution in [2.24, 2.45) is 0 Å². The Labute approximate surface area is 92.1 Å². The molecule has 0 aliphatic heterocycles. The van der Waals surface area contributed by atoms with Crippen LogP contribution in [0.2, 0.25) is 0 Å². The van der Waals surface area contributed by atoms with E-state index in [4.69, 9.17) is 0 Å². The Morgan fingerprint density at radius 2 is 1.67 bits per heavy atom. The summed E-state index contributed by atoms with van der Waals surface area (Å²) in [4.78, 5) is 0. The number of phenols is 1. The SMILES string of the molecule is CC.Cc1ccc(O)c2c1C1CCC2C1. The van der Waals surface area contributed by atoms with Crippen LogP contribution < -0.4 is 0 Å². The van der Waals surface area contributed by atoms with Gasteiger partial charge >= 0.3 is 0 Å². The third-order valence-electron chi connectivity index (χ3n) is 3.73. The Hall–Kier alpha value is -0.980. The molecule has 2 bridgehead atoms. The molecule has 1 aromatic carbocycles. The van der Waals surface area contributed by atoms with Crippen LogP contribution in [0.15, 0.2) is 12.1 Å². The summed E-state index contributed by atoms with van der Waals surface area (Å²) in [6.45, 7) is 6.17. The van der Waals surface area contributed by atoms with Crippen LogP contribution in [0.3, 0.4) is 0 Å². The third-order valence-corrected chi connectivity index (χ3v) is 3.73. The van der Waals surface area contributed by atoms with E-state index in [2.05, 4.69) is 13.0 Å². The van der Waals surface area contributed by atoms with Crippen LogP contribution in [-0.2, 0) is 0 Å². The predicted octanol–water partition coefficient (Wildman–Crippen LogP) is 4.09. The van der Waals surface area contributed by atoms with Crippen molar-refractivity contribution in [2.75, 3.05) is 0 Å². The molecule has 2 aliphatic carbocycles. The largest absolute Gasteiger partial charge is 0.508 e. The average molecular weight is 204 g/mol. The highest BCUT2D eigenvalue weighted by Crippen LogP contribution is 2.56. The van der Waals surface area contributed by atoms with Crippen LogP contribution in [0.25, 0.3) is 0 Å². The second kappa shape index (κ2) is 3.88. The number of hydrogen-bond donors (Lipinski definition) is 1. The van der Waals surface area contributed by atoms with Gasteiger partial charge in [-0.05, 0) is 55.2 Å². The lowest BCUT2D eigenvalue weighted by molar-refractivity contribution is 0.461. The van der Waals surface area contributed by atoms with E-state index in [1.165, 1.54) is 36.0 Å². The van der Waals surface area contributed by atoms with E-state index in [0.29, 0.717) is 11.7 Å². The Bertz CT molecular complexity index is 333.